The Morgan fingerprint density at radius 3 is 2.42 bits per heavy atom. The normalized spacial score (nSPS) is 15.3. The molecule has 1 saturated heterocycles. The Morgan fingerprint density at radius 2 is 1.75 bits per heavy atom. The number of anilines is 1. The van der Waals surface area contributed by atoms with Crippen LogP contribution >= 0.6 is 11.8 Å². The van der Waals surface area contributed by atoms with Gasteiger partial charge >= 0.3 is 0 Å². The van der Waals surface area contributed by atoms with Gasteiger partial charge in [0.2, 0.25) is 5.91 Å². The van der Waals surface area contributed by atoms with Crippen LogP contribution in [-0.4, -0.2) is 24.2 Å². The molecule has 2 aromatic carbocycles. The fraction of sp³-hybridized carbons (Fsp3) is 0.350. The fourth-order valence-corrected chi connectivity index (χ4v) is 3.80. The van der Waals surface area contributed by atoms with Crippen LogP contribution in [0.25, 0.3) is 0 Å². The SMILES string of the molecule is C[C@H](Sc1ccccc1)C(=O)NCc1ccc(N2CCCC2)cc1. The van der Waals surface area contributed by atoms with Gasteiger partial charge in [-0.3, -0.25) is 4.79 Å². The summed E-state index contributed by atoms with van der Waals surface area (Å²) in [4.78, 5) is 15.8. The first kappa shape index (κ1) is 16.9. The third kappa shape index (κ3) is 4.54. The minimum absolute atomic E-state index is 0.0764. The van der Waals surface area contributed by atoms with Crippen molar-refractivity contribution in [3.8, 4) is 0 Å². The molecular formula is C20H24N2OS. The van der Waals surface area contributed by atoms with Gasteiger partial charge in [0.15, 0.2) is 0 Å². The highest BCUT2D eigenvalue weighted by atomic mass is 32.2. The highest BCUT2D eigenvalue weighted by Gasteiger charge is 2.14. The zero-order chi connectivity index (χ0) is 16.8. The summed E-state index contributed by atoms with van der Waals surface area (Å²) in [5.74, 6) is 0.0764. The lowest BCUT2D eigenvalue weighted by Crippen LogP contribution is -2.30. The zero-order valence-electron chi connectivity index (χ0n) is 14.1. The molecule has 3 rings (SSSR count). The average molecular weight is 340 g/mol. The second kappa shape index (κ2) is 8.25. The Kier molecular flexibility index (Phi) is 5.81. The number of benzene rings is 2. The van der Waals surface area contributed by atoms with Gasteiger partial charge in [-0.1, -0.05) is 30.3 Å². The van der Waals surface area contributed by atoms with E-state index in [1.54, 1.807) is 11.8 Å². The second-order valence-corrected chi connectivity index (χ2v) is 7.57. The van der Waals surface area contributed by atoms with E-state index in [1.165, 1.54) is 18.5 Å². The van der Waals surface area contributed by atoms with Gasteiger partial charge in [-0.2, -0.15) is 0 Å². The maximum atomic E-state index is 12.3. The molecule has 1 fully saturated rings. The van der Waals surface area contributed by atoms with Gasteiger partial charge in [-0.25, -0.2) is 0 Å². The van der Waals surface area contributed by atoms with Gasteiger partial charge in [0, 0.05) is 30.2 Å². The van der Waals surface area contributed by atoms with Gasteiger partial charge in [0.05, 0.1) is 5.25 Å². The molecule has 0 unspecified atom stereocenters. The van der Waals surface area contributed by atoms with Crippen molar-refractivity contribution in [1.29, 1.82) is 0 Å². The Labute approximate surface area is 148 Å². The number of rotatable bonds is 6. The molecule has 0 saturated carbocycles. The number of amides is 1. The van der Waals surface area contributed by atoms with E-state index in [-0.39, 0.29) is 11.2 Å². The first-order valence-electron chi connectivity index (χ1n) is 8.56. The molecule has 126 valence electrons. The summed E-state index contributed by atoms with van der Waals surface area (Å²) in [7, 11) is 0. The number of carbonyl (C=O) groups is 1. The maximum absolute atomic E-state index is 12.3. The maximum Gasteiger partial charge on any atom is 0.233 e. The average Bonchev–Trinajstić information content (AvgIpc) is 3.15. The van der Waals surface area contributed by atoms with Crippen LogP contribution in [0.4, 0.5) is 5.69 Å². The predicted molar refractivity (Wildman–Crippen MR) is 101 cm³/mol. The predicted octanol–water partition coefficient (Wildman–Crippen LogP) is 4.08. The molecule has 1 atom stereocenters. The molecule has 4 heteroatoms. The minimum atomic E-state index is -0.101. The number of nitrogens with zero attached hydrogens (tertiary/aromatic N) is 1. The molecule has 24 heavy (non-hydrogen) atoms. The highest BCUT2D eigenvalue weighted by Crippen LogP contribution is 2.23. The van der Waals surface area contributed by atoms with Crippen molar-refractivity contribution >= 4 is 23.4 Å². The van der Waals surface area contributed by atoms with Gasteiger partial charge in [-0.15, -0.1) is 11.8 Å². The van der Waals surface area contributed by atoms with Crippen LogP contribution in [0.2, 0.25) is 0 Å². The second-order valence-electron chi connectivity index (χ2n) is 6.15. The number of nitrogens with one attached hydrogen (secondary N) is 1. The molecular weight excluding hydrogens is 316 g/mol. The Hall–Kier alpha value is -1.94. The van der Waals surface area contributed by atoms with Crippen LogP contribution in [-0.2, 0) is 11.3 Å². The van der Waals surface area contributed by atoms with Crippen molar-refractivity contribution in [2.75, 3.05) is 18.0 Å². The van der Waals surface area contributed by atoms with Crippen molar-refractivity contribution in [3.63, 3.8) is 0 Å². The number of carbonyl (C=O) groups excluding carboxylic acids is 1. The van der Waals surface area contributed by atoms with E-state index in [1.807, 2.05) is 37.3 Å². The topological polar surface area (TPSA) is 32.3 Å². The van der Waals surface area contributed by atoms with Gasteiger partial charge in [0.1, 0.15) is 0 Å². The molecule has 0 spiro atoms. The summed E-state index contributed by atoms with van der Waals surface area (Å²) in [6.07, 6.45) is 2.57. The summed E-state index contributed by atoms with van der Waals surface area (Å²) >= 11 is 1.59. The molecule has 1 aliphatic heterocycles. The van der Waals surface area contributed by atoms with E-state index in [0.717, 1.165) is 23.5 Å². The molecule has 1 aliphatic rings. The van der Waals surface area contributed by atoms with Crippen LogP contribution in [0, 0.1) is 0 Å². The van der Waals surface area contributed by atoms with Crippen molar-refractivity contribution < 1.29 is 4.79 Å². The molecule has 0 bridgehead atoms. The van der Waals surface area contributed by atoms with Gasteiger partial charge in [0.25, 0.3) is 0 Å². The molecule has 1 heterocycles. The van der Waals surface area contributed by atoms with Crippen LogP contribution in [0.5, 0.6) is 0 Å². The van der Waals surface area contributed by atoms with Crippen molar-refractivity contribution in [1.82, 2.24) is 5.32 Å². The van der Waals surface area contributed by atoms with E-state index < -0.39 is 0 Å². The smallest absolute Gasteiger partial charge is 0.233 e. The lowest BCUT2D eigenvalue weighted by Gasteiger charge is -2.18. The number of thioether (sulfide) groups is 1. The third-order valence-corrected chi connectivity index (χ3v) is 5.41. The van der Waals surface area contributed by atoms with E-state index >= 15 is 0 Å². The van der Waals surface area contributed by atoms with Crippen LogP contribution in [0.1, 0.15) is 25.3 Å². The lowest BCUT2D eigenvalue weighted by molar-refractivity contribution is -0.120. The monoisotopic (exact) mass is 340 g/mol. The Morgan fingerprint density at radius 1 is 1.08 bits per heavy atom. The number of hydrogen-bond donors (Lipinski definition) is 1. The summed E-state index contributed by atoms with van der Waals surface area (Å²) in [5.41, 5.74) is 2.43. The first-order valence-corrected chi connectivity index (χ1v) is 9.43. The van der Waals surface area contributed by atoms with Crippen molar-refractivity contribution in [3.05, 3.63) is 60.2 Å². The van der Waals surface area contributed by atoms with Gasteiger partial charge < -0.3 is 10.2 Å². The summed E-state index contributed by atoms with van der Waals surface area (Å²) in [5, 5.41) is 2.93. The molecule has 1 N–H and O–H groups in total. The molecule has 2 aromatic rings. The molecule has 1 amide bonds. The van der Waals surface area contributed by atoms with Crippen LogP contribution in [0.15, 0.2) is 59.5 Å². The summed E-state index contributed by atoms with van der Waals surface area (Å²) < 4.78 is 0. The highest BCUT2D eigenvalue weighted by molar-refractivity contribution is 8.00. The summed E-state index contributed by atoms with van der Waals surface area (Å²) in [6, 6.07) is 18.6. The molecule has 3 nitrogen and oxygen atoms in total. The van der Waals surface area contributed by atoms with Crippen molar-refractivity contribution in [2.24, 2.45) is 0 Å². The lowest BCUT2D eigenvalue weighted by atomic mass is 10.2. The molecule has 0 aromatic heterocycles. The van der Waals surface area contributed by atoms with E-state index in [2.05, 4.69) is 34.5 Å². The Bertz CT molecular complexity index is 651. The van der Waals surface area contributed by atoms with Crippen molar-refractivity contribution in [2.45, 2.75) is 36.5 Å². The third-order valence-electron chi connectivity index (χ3n) is 4.30. The number of hydrogen-bond acceptors (Lipinski definition) is 3. The largest absolute Gasteiger partial charge is 0.372 e. The minimum Gasteiger partial charge on any atom is -0.372 e. The first-order chi connectivity index (χ1) is 11.7. The van der Waals surface area contributed by atoms with E-state index in [0.29, 0.717) is 6.54 Å². The zero-order valence-corrected chi connectivity index (χ0v) is 14.9. The fourth-order valence-electron chi connectivity index (χ4n) is 2.89. The van der Waals surface area contributed by atoms with E-state index in [4.69, 9.17) is 0 Å². The Balaban J connectivity index is 1.48. The summed E-state index contributed by atoms with van der Waals surface area (Å²) in [6.45, 7) is 4.84. The standard InChI is InChI=1S/C20H24N2OS/c1-16(24-19-7-3-2-4-8-19)20(23)21-15-17-9-11-18(12-10-17)22-13-5-6-14-22/h2-4,7-12,16H,5-6,13-15H2,1H3,(H,21,23)/t16-/m0/s1. The van der Waals surface area contributed by atoms with Crippen LogP contribution < -0.4 is 10.2 Å². The van der Waals surface area contributed by atoms with Gasteiger partial charge in [-0.05, 0) is 49.6 Å². The quantitative estimate of drug-likeness (QED) is 0.804. The van der Waals surface area contributed by atoms with E-state index in [9.17, 15) is 4.79 Å². The van der Waals surface area contributed by atoms with Crippen LogP contribution in [0.3, 0.4) is 0 Å². The molecule has 0 radical (unpaired) electrons. The molecule has 0 aliphatic carbocycles.